The highest BCUT2D eigenvalue weighted by atomic mass is 15.1. The maximum absolute atomic E-state index is 10.9. The van der Waals surface area contributed by atoms with Crippen molar-refractivity contribution in [1.82, 2.24) is 19.1 Å². The van der Waals surface area contributed by atoms with Crippen molar-refractivity contribution < 1.29 is 0 Å². The molecule has 56 heavy (non-hydrogen) atoms. The molecule has 0 saturated carbocycles. The third-order valence-electron chi connectivity index (χ3n) is 11.2. The average molecular weight is 720 g/mol. The van der Waals surface area contributed by atoms with E-state index in [0.717, 1.165) is 77.5 Å². The van der Waals surface area contributed by atoms with Gasteiger partial charge in [-0.05, 0) is 104 Å². The molecule has 266 valence electrons. The number of nitriles is 1. The van der Waals surface area contributed by atoms with Crippen molar-refractivity contribution in [1.29, 1.82) is 5.26 Å². The van der Waals surface area contributed by atoms with E-state index in [0.29, 0.717) is 17.0 Å². The van der Waals surface area contributed by atoms with Crippen LogP contribution in [0.3, 0.4) is 0 Å². The summed E-state index contributed by atoms with van der Waals surface area (Å²) in [6.07, 6.45) is 0. The third-order valence-corrected chi connectivity index (χ3v) is 11.2. The van der Waals surface area contributed by atoms with Crippen molar-refractivity contribution in [3.05, 3.63) is 180 Å². The van der Waals surface area contributed by atoms with Crippen molar-refractivity contribution in [2.24, 2.45) is 0 Å². The summed E-state index contributed by atoms with van der Waals surface area (Å²) in [5.74, 6) is 0.539. The Labute approximate surface area is 325 Å². The highest BCUT2D eigenvalue weighted by Crippen LogP contribution is 2.42. The highest BCUT2D eigenvalue weighted by molar-refractivity contribution is 6.13. The Morgan fingerprint density at radius 2 is 0.875 bits per heavy atom. The molecule has 0 aliphatic carbocycles. The molecule has 0 amide bonds. The average Bonchev–Trinajstić information content (AvgIpc) is 3.72. The Morgan fingerprint density at radius 1 is 0.429 bits per heavy atom. The first-order valence-electron chi connectivity index (χ1n) is 19.0. The zero-order chi connectivity index (χ0) is 38.1. The predicted molar refractivity (Wildman–Crippen MR) is 231 cm³/mol. The summed E-state index contributed by atoms with van der Waals surface area (Å²) in [7, 11) is 0. The molecule has 7 aromatic carbocycles. The number of fused-ring (bicyclic) bond motifs is 6. The van der Waals surface area contributed by atoms with E-state index in [2.05, 4.69) is 169 Å². The molecule has 10 rings (SSSR count). The fourth-order valence-corrected chi connectivity index (χ4v) is 8.65. The monoisotopic (exact) mass is 719 g/mol. The van der Waals surface area contributed by atoms with Crippen LogP contribution < -0.4 is 0 Å². The van der Waals surface area contributed by atoms with Gasteiger partial charge >= 0.3 is 0 Å². The molecule has 0 saturated heterocycles. The lowest BCUT2D eigenvalue weighted by Gasteiger charge is -2.20. The molecule has 0 atom stereocenters. The Bertz CT molecular complexity index is 3240. The quantitative estimate of drug-likeness (QED) is 0.178. The molecule has 5 nitrogen and oxygen atoms in total. The van der Waals surface area contributed by atoms with Crippen molar-refractivity contribution >= 4 is 43.6 Å². The van der Waals surface area contributed by atoms with Gasteiger partial charge in [0.15, 0.2) is 5.82 Å². The van der Waals surface area contributed by atoms with Gasteiger partial charge in [-0.3, -0.25) is 0 Å². The van der Waals surface area contributed by atoms with Gasteiger partial charge in [-0.2, -0.15) is 5.26 Å². The predicted octanol–water partition coefficient (Wildman–Crippen LogP) is 12.8. The van der Waals surface area contributed by atoms with E-state index in [1.807, 2.05) is 26.0 Å². The first-order chi connectivity index (χ1) is 27.4. The maximum atomic E-state index is 10.9. The van der Waals surface area contributed by atoms with E-state index < -0.39 is 0 Å². The van der Waals surface area contributed by atoms with Gasteiger partial charge in [0, 0.05) is 38.5 Å². The van der Waals surface area contributed by atoms with Crippen LogP contribution >= 0.6 is 0 Å². The fraction of sp³-hybridized carbons (Fsp3) is 0.0784. The molecule has 0 aliphatic rings. The second-order valence-corrected chi connectivity index (χ2v) is 14.8. The maximum Gasteiger partial charge on any atom is 0.161 e. The smallest absolute Gasteiger partial charge is 0.161 e. The molecule has 0 aliphatic heterocycles. The van der Waals surface area contributed by atoms with E-state index in [1.165, 1.54) is 22.3 Å². The highest BCUT2D eigenvalue weighted by Gasteiger charge is 2.24. The van der Waals surface area contributed by atoms with Crippen LogP contribution in [0.5, 0.6) is 0 Å². The minimum absolute atomic E-state index is 0.510. The van der Waals surface area contributed by atoms with Crippen LogP contribution in [-0.4, -0.2) is 19.1 Å². The summed E-state index contributed by atoms with van der Waals surface area (Å²) in [4.78, 5) is 9.78. The van der Waals surface area contributed by atoms with Gasteiger partial charge in [0.05, 0.1) is 45.1 Å². The van der Waals surface area contributed by atoms with E-state index in [-0.39, 0.29) is 0 Å². The summed E-state index contributed by atoms with van der Waals surface area (Å²) >= 11 is 0. The molecule has 0 bridgehead atoms. The van der Waals surface area contributed by atoms with Gasteiger partial charge < -0.3 is 9.13 Å². The molecular weight excluding hydrogens is 683 g/mol. The number of hydrogen-bond donors (Lipinski definition) is 0. The van der Waals surface area contributed by atoms with Crippen molar-refractivity contribution in [2.75, 3.05) is 0 Å². The van der Waals surface area contributed by atoms with Gasteiger partial charge in [-0.1, -0.05) is 109 Å². The second-order valence-electron chi connectivity index (χ2n) is 14.8. The topological polar surface area (TPSA) is 59.4 Å². The minimum atomic E-state index is 0.510. The van der Waals surface area contributed by atoms with Crippen molar-refractivity contribution in [3.63, 3.8) is 0 Å². The van der Waals surface area contributed by atoms with Gasteiger partial charge in [0.25, 0.3) is 0 Å². The van der Waals surface area contributed by atoms with Crippen LogP contribution in [0, 0.1) is 39.0 Å². The number of nitrogens with zero attached hydrogens (tertiary/aromatic N) is 5. The first-order valence-corrected chi connectivity index (χ1v) is 19.0. The van der Waals surface area contributed by atoms with Gasteiger partial charge in [0.2, 0.25) is 0 Å². The Morgan fingerprint density at radius 3 is 1.38 bits per heavy atom. The Kier molecular flexibility index (Phi) is 7.69. The normalized spacial score (nSPS) is 11.6. The SMILES string of the molecule is Cc1cc(C)nc(-c2cc(-n3c4ccccc4c4ccc(-c5ccccc5C)cc43)c(-n3c4ccccc4c4ccc(-c5ccccc5C)cc43)cc2C#N)n1. The van der Waals surface area contributed by atoms with Crippen LogP contribution in [0.4, 0.5) is 0 Å². The van der Waals surface area contributed by atoms with E-state index in [1.54, 1.807) is 0 Å². The first kappa shape index (κ1) is 33.3. The molecule has 0 unspecified atom stereocenters. The van der Waals surface area contributed by atoms with Crippen molar-refractivity contribution in [2.45, 2.75) is 27.7 Å². The molecule has 0 spiro atoms. The largest absolute Gasteiger partial charge is 0.307 e. The zero-order valence-corrected chi connectivity index (χ0v) is 31.7. The lowest BCUT2D eigenvalue weighted by molar-refractivity contribution is 1.05. The molecular formula is C51H37N5. The number of aromatic nitrogens is 4. The fourth-order valence-electron chi connectivity index (χ4n) is 8.65. The summed E-state index contributed by atoms with van der Waals surface area (Å²) in [5.41, 5.74) is 16.1. The number of benzene rings is 7. The van der Waals surface area contributed by atoms with E-state index in [9.17, 15) is 5.26 Å². The van der Waals surface area contributed by atoms with Gasteiger partial charge in [-0.25, -0.2) is 9.97 Å². The Hall–Kier alpha value is -7.29. The molecule has 3 aromatic heterocycles. The summed E-state index contributed by atoms with van der Waals surface area (Å²) in [6.45, 7) is 8.28. The van der Waals surface area contributed by atoms with Crippen LogP contribution in [0.25, 0.3) is 88.6 Å². The van der Waals surface area contributed by atoms with E-state index in [4.69, 9.17) is 9.97 Å². The number of hydrogen-bond acceptors (Lipinski definition) is 3. The van der Waals surface area contributed by atoms with Crippen LogP contribution in [0.15, 0.2) is 152 Å². The molecule has 0 N–H and O–H groups in total. The molecule has 3 heterocycles. The Balaban J connectivity index is 1.38. The van der Waals surface area contributed by atoms with E-state index >= 15 is 0 Å². The number of aryl methyl sites for hydroxylation is 4. The summed E-state index contributed by atoms with van der Waals surface area (Å²) in [6, 6.07) is 56.5. The minimum Gasteiger partial charge on any atom is -0.307 e. The second kappa shape index (κ2) is 12.9. The number of rotatable bonds is 5. The van der Waals surface area contributed by atoms with Crippen LogP contribution in [0.1, 0.15) is 28.1 Å². The zero-order valence-electron chi connectivity index (χ0n) is 31.7. The molecule has 5 heteroatoms. The molecule has 10 aromatic rings. The summed E-state index contributed by atoms with van der Waals surface area (Å²) in [5, 5.41) is 15.5. The molecule has 0 fully saturated rings. The molecule has 0 radical (unpaired) electrons. The third kappa shape index (κ3) is 5.22. The van der Waals surface area contributed by atoms with Crippen LogP contribution in [-0.2, 0) is 0 Å². The summed E-state index contributed by atoms with van der Waals surface area (Å²) < 4.78 is 4.72. The number of para-hydroxylation sites is 2. The lowest BCUT2D eigenvalue weighted by Crippen LogP contribution is -2.06. The van der Waals surface area contributed by atoms with Gasteiger partial charge in [0.1, 0.15) is 0 Å². The van der Waals surface area contributed by atoms with Gasteiger partial charge in [-0.15, -0.1) is 0 Å². The van der Waals surface area contributed by atoms with Crippen LogP contribution in [0.2, 0.25) is 0 Å². The lowest BCUT2D eigenvalue weighted by atomic mass is 9.99. The van der Waals surface area contributed by atoms with Crippen molar-refractivity contribution in [3.8, 4) is 51.1 Å². The standard InChI is InChI=1S/C51H37N5/c1-31-13-5-7-15-38(31)35-21-23-42-40-17-9-11-19-45(40)55(47(42)26-35)49-28-37(30-52)44(51-53-33(3)25-34(4)54-51)29-50(49)56-46-20-12-10-18-41(46)43-24-22-36(27-48(43)56)39-16-8-6-14-32(39)2/h5-29H,1-4H3.